The Morgan fingerprint density at radius 2 is 1.67 bits per heavy atom. The van der Waals surface area contributed by atoms with Gasteiger partial charge in [0.25, 0.3) is 5.91 Å². The average Bonchev–Trinajstić information content (AvgIpc) is 2.46. The molecule has 0 saturated carbocycles. The Kier molecular flexibility index (Phi) is 4.66. The fraction of sp³-hybridized carbons (Fsp3) is 0.125. The molecule has 108 valence electrons. The zero-order valence-electron chi connectivity index (χ0n) is 11.4. The van der Waals surface area contributed by atoms with Crippen molar-refractivity contribution in [3.8, 4) is 0 Å². The van der Waals surface area contributed by atoms with Gasteiger partial charge in [0.15, 0.2) is 5.96 Å². The second-order valence-electron chi connectivity index (χ2n) is 4.67. The van der Waals surface area contributed by atoms with E-state index < -0.39 is 11.8 Å². The van der Waals surface area contributed by atoms with Gasteiger partial charge < -0.3 is 11.5 Å². The van der Waals surface area contributed by atoms with E-state index in [1.165, 1.54) is 12.1 Å². The molecule has 0 aliphatic rings. The van der Waals surface area contributed by atoms with Crippen LogP contribution in [0, 0.1) is 5.82 Å². The van der Waals surface area contributed by atoms with Gasteiger partial charge >= 0.3 is 0 Å². The maximum Gasteiger partial charge on any atom is 0.256 e. The van der Waals surface area contributed by atoms with Crippen molar-refractivity contribution in [2.45, 2.75) is 12.3 Å². The average molecular weight is 285 g/mol. The number of rotatable bonds is 4. The van der Waals surface area contributed by atoms with E-state index >= 15 is 0 Å². The predicted molar refractivity (Wildman–Crippen MR) is 80.1 cm³/mol. The smallest absolute Gasteiger partial charge is 0.256 e. The van der Waals surface area contributed by atoms with Crippen LogP contribution in [0.5, 0.6) is 0 Å². The van der Waals surface area contributed by atoms with E-state index in [0.717, 1.165) is 11.1 Å². The van der Waals surface area contributed by atoms with Crippen LogP contribution < -0.4 is 11.5 Å². The van der Waals surface area contributed by atoms with Crippen LogP contribution >= 0.6 is 0 Å². The van der Waals surface area contributed by atoms with Crippen LogP contribution in [0.15, 0.2) is 59.6 Å². The van der Waals surface area contributed by atoms with Gasteiger partial charge in [0.2, 0.25) is 0 Å². The number of hydrogen-bond donors (Lipinski definition) is 2. The first-order chi connectivity index (χ1) is 10.1. The van der Waals surface area contributed by atoms with E-state index in [4.69, 9.17) is 11.5 Å². The molecule has 1 amide bonds. The molecule has 5 heteroatoms. The second kappa shape index (κ2) is 6.65. The summed E-state index contributed by atoms with van der Waals surface area (Å²) in [5.41, 5.74) is 12.2. The monoisotopic (exact) mass is 285 g/mol. The molecule has 0 saturated heterocycles. The van der Waals surface area contributed by atoms with Gasteiger partial charge in [-0.15, -0.1) is 0 Å². The van der Waals surface area contributed by atoms with Gasteiger partial charge in [-0.05, 0) is 29.7 Å². The van der Waals surface area contributed by atoms with Gasteiger partial charge in [0.1, 0.15) is 5.82 Å². The van der Waals surface area contributed by atoms with Gasteiger partial charge in [-0.1, -0.05) is 42.5 Å². The summed E-state index contributed by atoms with van der Waals surface area (Å²) in [6.45, 7) is 0. The van der Waals surface area contributed by atoms with Crippen molar-refractivity contribution < 1.29 is 9.18 Å². The number of aliphatic imine (C=N–C) groups is 1. The van der Waals surface area contributed by atoms with Gasteiger partial charge in [-0.25, -0.2) is 4.39 Å². The zero-order chi connectivity index (χ0) is 15.2. The second-order valence-corrected chi connectivity index (χ2v) is 4.67. The Bertz CT molecular complexity index is 634. The molecule has 0 bridgehead atoms. The van der Waals surface area contributed by atoms with E-state index in [-0.39, 0.29) is 11.8 Å². The van der Waals surface area contributed by atoms with E-state index in [0.29, 0.717) is 6.42 Å². The number of guanidine groups is 1. The minimum absolute atomic E-state index is 0.264. The third-order valence-electron chi connectivity index (χ3n) is 3.09. The molecule has 4 N–H and O–H groups in total. The van der Waals surface area contributed by atoms with Crippen molar-refractivity contribution in [3.63, 3.8) is 0 Å². The van der Waals surface area contributed by atoms with E-state index in [2.05, 4.69) is 4.99 Å². The van der Waals surface area contributed by atoms with E-state index in [9.17, 15) is 9.18 Å². The molecule has 4 nitrogen and oxygen atoms in total. The zero-order valence-corrected chi connectivity index (χ0v) is 11.4. The summed E-state index contributed by atoms with van der Waals surface area (Å²) in [4.78, 5) is 15.8. The first-order valence-electron chi connectivity index (χ1n) is 6.49. The molecule has 0 aliphatic heterocycles. The Hall–Kier alpha value is -2.69. The number of hydrogen-bond acceptors (Lipinski definition) is 1. The largest absolute Gasteiger partial charge is 0.370 e. The third-order valence-corrected chi connectivity index (χ3v) is 3.09. The number of benzene rings is 2. The predicted octanol–water partition coefficient (Wildman–Crippen LogP) is 1.95. The highest BCUT2D eigenvalue weighted by Crippen LogP contribution is 2.22. The molecule has 1 atom stereocenters. The maximum absolute atomic E-state index is 13.0. The molecule has 0 heterocycles. The summed E-state index contributed by atoms with van der Waals surface area (Å²) in [6, 6.07) is 15.3. The van der Waals surface area contributed by atoms with Crippen LogP contribution in [0.25, 0.3) is 0 Å². The highest BCUT2D eigenvalue weighted by molar-refractivity contribution is 5.95. The highest BCUT2D eigenvalue weighted by atomic mass is 19.1. The van der Waals surface area contributed by atoms with E-state index in [1.54, 1.807) is 12.1 Å². The first kappa shape index (κ1) is 14.7. The number of nitrogens with zero attached hydrogens (tertiary/aromatic N) is 1. The SMILES string of the molecule is NC(N)=NC(=O)C(Cc1ccc(F)cc1)c1ccccc1. The van der Waals surface area contributed by atoms with Crippen molar-refractivity contribution in [2.24, 2.45) is 16.5 Å². The number of nitrogens with two attached hydrogens (primary N) is 2. The lowest BCUT2D eigenvalue weighted by Gasteiger charge is -2.14. The number of halogens is 1. The fourth-order valence-corrected chi connectivity index (χ4v) is 2.09. The molecule has 0 aromatic heterocycles. The minimum atomic E-state index is -0.501. The molecular formula is C16H16FN3O. The van der Waals surface area contributed by atoms with Gasteiger partial charge in [-0.2, -0.15) is 4.99 Å². The summed E-state index contributed by atoms with van der Waals surface area (Å²) in [5.74, 6) is -1.49. The van der Waals surface area contributed by atoms with Crippen LogP contribution in [0.1, 0.15) is 17.0 Å². The Morgan fingerprint density at radius 1 is 1.05 bits per heavy atom. The maximum atomic E-state index is 13.0. The molecule has 2 rings (SSSR count). The molecule has 0 aliphatic carbocycles. The standard InChI is InChI=1S/C16H16FN3O/c17-13-8-6-11(7-9-13)10-14(15(21)20-16(18)19)12-4-2-1-3-5-12/h1-9,14H,10H2,(H4,18,19,20,21). The molecule has 0 spiro atoms. The fourth-order valence-electron chi connectivity index (χ4n) is 2.09. The molecule has 21 heavy (non-hydrogen) atoms. The van der Waals surface area contributed by atoms with Crippen LogP contribution in [-0.2, 0) is 11.2 Å². The summed E-state index contributed by atoms with van der Waals surface area (Å²) >= 11 is 0. The quantitative estimate of drug-likeness (QED) is 0.665. The Labute approximate surface area is 122 Å². The van der Waals surface area contributed by atoms with Crippen molar-refractivity contribution in [1.29, 1.82) is 0 Å². The lowest BCUT2D eigenvalue weighted by atomic mass is 9.91. The number of carbonyl (C=O) groups excluding carboxylic acids is 1. The lowest BCUT2D eigenvalue weighted by molar-refractivity contribution is -0.119. The Balaban J connectivity index is 2.30. The van der Waals surface area contributed by atoms with Crippen molar-refractivity contribution in [1.82, 2.24) is 0 Å². The highest BCUT2D eigenvalue weighted by Gasteiger charge is 2.20. The van der Waals surface area contributed by atoms with E-state index in [1.807, 2.05) is 30.3 Å². The first-order valence-corrected chi connectivity index (χ1v) is 6.49. The van der Waals surface area contributed by atoms with Crippen molar-refractivity contribution >= 4 is 11.9 Å². The van der Waals surface area contributed by atoms with Gasteiger partial charge in [0.05, 0.1) is 5.92 Å². The molecular weight excluding hydrogens is 269 g/mol. The normalized spacial score (nSPS) is 11.7. The van der Waals surface area contributed by atoms with Gasteiger partial charge in [0, 0.05) is 0 Å². The van der Waals surface area contributed by atoms with Gasteiger partial charge in [-0.3, -0.25) is 4.79 Å². The molecule has 0 radical (unpaired) electrons. The molecule has 1 unspecified atom stereocenters. The van der Waals surface area contributed by atoms with Crippen LogP contribution in [-0.4, -0.2) is 11.9 Å². The van der Waals surface area contributed by atoms with Crippen molar-refractivity contribution in [2.75, 3.05) is 0 Å². The summed E-state index contributed by atoms with van der Waals surface area (Å²) < 4.78 is 13.0. The third kappa shape index (κ3) is 4.14. The van der Waals surface area contributed by atoms with Crippen LogP contribution in [0.4, 0.5) is 4.39 Å². The van der Waals surface area contributed by atoms with Crippen LogP contribution in [0.2, 0.25) is 0 Å². The number of amides is 1. The van der Waals surface area contributed by atoms with Crippen LogP contribution in [0.3, 0.4) is 0 Å². The molecule has 0 fully saturated rings. The molecule has 2 aromatic carbocycles. The lowest BCUT2D eigenvalue weighted by Crippen LogP contribution is -2.26. The minimum Gasteiger partial charge on any atom is -0.370 e. The Morgan fingerprint density at radius 3 is 2.24 bits per heavy atom. The summed E-state index contributed by atoms with van der Waals surface area (Å²) in [7, 11) is 0. The summed E-state index contributed by atoms with van der Waals surface area (Å²) in [6.07, 6.45) is 0.403. The summed E-state index contributed by atoms with van der Waals surface area (Å²) in [5, 5.41) is 0. The molecule has 2 aromatic rings. The van der Waals surface area contributed by atoms with Crippen molar-refractivity contribution in [3.05, 3.63) is 71.5 Å². The topological polar surface area (TPSA) is 81.5 Å². The number of carbonyl (C=O) groups is 1.